The van der Waals surface area contributed by atoms with Gasteiger partial charge < -0.3 is 19.7 Å². The maximum absolute atomic E-state index is 11.0. The molecule has 0 unspecified atom stereocenters. The van der Waals surface area contributed by atoms with E-state index in [1.54, 1.807) is 8.87 Å². The van der Waals surface area contributed by atoms with E-state index in [1.165, 1.54) is 38.5 Å². The maximum Gasteiger partial charge on any atom is 0.331 e. The molecule has 0 aliphatic heterocycles. The molecule has 0 bridgehead atoms. The molecule has 2 N–H and O–H groups in total. The fourth-order valence-corrected chi connectivity index (χ4v) is 7.94. The summed E-state index contributed by atoms with van der Waals surface area (Å²) in [7, 11) is 0. The van der Waals surface area contributed by atoms with E-state index in [0.29, 0.717) is 0 Å². The number of carbonyl (C=O) groups is 4. The van der Waals surface area contributed by atoms with E-state index in [-0.39, 0.29) is 33.4 Å². The van der Waals surface area contributed by atoms with Gasteiger partial charge in [-0.3, -0.25) is 0 Å². The van der Waals surface area contributed by atoms with Gasteiger partial charge in [0.05, 0.1) is 0 Å². The van der Waals surface area contributed by atoms with Crippen molar-refractivity contribution in [3.8, 4) is 0 Å². The Bertz CT molecular complexity index is 634. The van der Waals surface area contributed by atoms with Gasteiger partial charge in [0.1, 0.15) is 12.2 Å². The van der Waals surface area contributed by atoms with Crippen LogP contribution in [0.5, 0.6) is 0 Å². The summed E-state index contributed by atoms with van der Waals surface area (Å²) in [5.74, 6) is -3.38. The van der Waals surface area contributed by atoms with Crippen molar-refractivity contribution in [1.82, 2.24) is 0 Å². The molecular formula is C28H46O8Sn. The average molecular weight is 629 g/mol. The Hall–Kier alpha value is -1.84. The third kappa shape index (κ3) is 24.3. The van der Waals surface area contributed by atoms with Gasteiger partial charge in [-0.2, -0.15) is 0 Å². The third-order valence-electron chi connectivity index (χ3n) is 5.81. The normalized spacial score (nSPS) is 16.3. The van der Waals surface area contributed by atoms with Crippen molar-refractivity contribution in [3.05, 3.63) is 24.3 Å². The summed E-state index contributed by atoms with van der Waals surface area (Å²) in [5.41, 5.74) is 0. The second-order valence-electron chi connectivity index (χ2n) is 9.19. The molecule has 0 aromatic rings. The van der Waals surface area contributed by atoms with Crippen LogP contribution in [-0.4, -0.2) is 67.4 Å². The van der Waals surface area contributed by atoms with E-state index in [9.17, 15) is 19.2 Å². The van der Waals surface area contributed by atoms with Gasteiger partial charge in [0, 0.05) is 24.3 Å². The van der Waals surface area contributed by atoms with Crippen molar-refractivity contribution in [2.45, 2.75) is 125 Å². The average Bonchev–Trinajstić information content (AvgIpc) is 2.88. The summed E-state index contributed by atoms with van der Waals surface area (Å²) in [6, 6.07) is 0. The van der Waals surface area contributed by atoms with Crippen molar-refractivity contribution in [1.29, 1.82) is 0 Å². The molecule has 0 atom stereocenters. The number of rotatable bonds is 12. The number of unbranched alkanes of at least 4 members (excludes halogenated alkanes) is 2. The van der Waals surface area contributed by atoms with Gasteiger partial charge in [-0.15, -0.1) is 0 Å². The van der Waals surface area contributed by atoms with Crippen LogP contribution < -0.4 is 0 Å². The van der Waals surface area contributed by atoms with Crippen LogP contribution in [0.4, 0.5) is 0 Å². The minimum Gasteiger partial charge on any atom is -0.478 e. The molecule has 0 amide bonds. The van der Waals surface area contributed by atoms with Crippen molar-refractivity contribution in [2.24, 2.45) is 0 Å². The van der Waals surface area contributed by atoms with Gasteiger partial charge in [-0.1, -0.05) is 12.8 Å². The topological polar surface area (TPSA) is 127 Å². The van der Waals surface area contributed by atoms with Crippen LogP contribution in [0.2, 0.25) is 8.87 Å². The van der Waals surface area contributed by atoms with Crippen LogP contribution >= 0.6 is 0 Å². The SMILES string of the molecule is CCC[CH2][Sn][CH2]CCC.O=C(O)/C=C\C(=O)OC1CCCCC1.O=C(O)/C=C\C(=O)OC1CCCCC1. The van der Waals surface area contributed by atoms with Gasteiger partial charge >= 0.3 is 93.4 Å². The van der Waals surface area contributed by atoms with Crippen molar-refractivity contribution < 1.29 is 38.9 Å². The molecule has 8 nitrogen and oxygen atoms in total. The first-order valence-electron chi connectivity index (χ1n) is 13.7. The summed E-state index contributed by atoms with van der Waals surface area (Å²) in [5, 5.41) is 16.5. The van der Waals surface area contributed by atoms with Crippen LogP contribution in [0, 0.1) is 0 Å². The van der Waals surface area contributed by atoms with Gasteiger partial charge in [0.15, 0.2) is 0 Å². The number of carboxylic acids is 2. The summed E-state index contributed by atoms with van der Waals surface area (Å²) in [6.07, 6.45) is 19.6. The molecule has 2 saturated carbocycles. The minimum absolute atomic E-state index is 0.0188. The number of hydrogen-bond donors (Lipinski definition) is 2. The monoisotopic (exact) mass is 630 g/mol. The molecule has 0 aromatic heterocycles. The number of carbonyl (C=O) groups excluding carboxylic acids is 2. The van der Waals surface area contributed by atoms with Gasteiger partial charge in [-0.05, 0) is 51.4 Å². The van der Waals surface area contributed by atoms with E-state index in [1.807, 2.05) is 0 Å². The van der Waals surface area contributed by atoms with Crippen LogP contribution in [0.25, 0.3) is 0 Å². The Morgan fingerprint density at radius 2 is 1.00 bits per heavy atom. The first-order chi connectivity index (χ1) is 17.8. The Kier molecular flexibility index (Phi) is 23.3. The van der Waals surface area contributed by atoms with Crippen molar-refractivity contribution >= 4 is 45.0 Å². The second kappa shape index (κ2) is 24.5. The standard InChI is InChI=1S/2C10H14O4.2C4H9.Sn/c2*11-9(12)6-7-10(13)14-8-4-2-1-3-5-8;2*1-3-4-2;/h2*6-8H,1-5H2,(H,11,12);2*1,3-4H2,2H3;/b2*7-6-;;;. The van der Waals surface area contributed by atoms with E-state index in [2.05, 4.69) is 13.8 Å². The first kappa shape index (κ1) is 35.2. The molecule has 0 heterocycles. The van der Waals surface area contributed by atoms with Crippen LogP contribution in [-0.2, 0) is 28.7 Å². The zero-order valence-electron chi connectivity index (χ0n) is 22.6. The van der Waals surface area contributed by atoms with Crippen molar-refractivity contribution in [2.75, 3.05) is 0 Å². The molecule has 2 aliphatic carbocycles. The molecule has 2 aliphatic rings. The van der Waals surface area contributed by atoms with Gasteiger partial charge in [-0.25, -0.2) is 19.2 Å². The summed E-state index contributed by atoms with van der Waals surface area (Å²) >= 11 is 0.149. The number of aliphatic carboxylic acids is 2. The Morgan fingerprint density at radius 1 is 0.649 bits per heavy atom. The zero-order chi connectivity index (χ0) is 27.7. The zero-order valence-corrected chi connectivity index (χ0v) is 25.5. The molecule has 2 fully saturated rings. The summed E-state index contributed by atoms with van der Waals surface area (Å²) in [6.45, 7) is 4.58. The van der Waals surface area contributed by atoms with Gasteiger partial charge in [0.2, 0.25) is 0 Å². The predicted molar refractivity (Wildman–Crippen MR) is 145 cm³/mol. The number of esters is 2. The molecule has 210 valence electrons. The first-order valence-corrected chi connectivity index (χ1v) is 17.8. The number of ether oxygens (including phenoxy) is 2. The quantitative estimate of drug-likeness (QED) is 0.114. The fraction of sp³-hybridized carbons (Fsp3) is 0.714. The fourth-order valence-electron chi connectivity index (χ4n) is 3.78. The summed E-state index contributed by atoms with van der Waals surface area (Å²) < 4.78 is 13.4. The Morgan fingerprint density at radius 3 is 1.30 bits per heavy atom. The van der Waals surface area contributed by atoms with Gasteiger partial charge in [0.25, 0.3) is 0 Å². The largest absolute Gasteiger partial charge is 0.478 e. The van der Waals surface area contributed by atoms with Crippen LogP contribution in [0.1, 0.15) is 104 Å². The van der Waals surface area contributed by atoms with Crippen molar-refractivity contribution in [3.63, 3.8) is 0 Å². The molecule has 0 spiro atoms. The van der Waals surface area contributed by atoms with E-state index in [4.69, 9.17) is 19.7 Å². The maximum atomic E-state index is 11.0. The predicted octanol–water partition coefficient (Wildman–Crippen LogP) is 6.13. The Balaban J connectivity index is 0.000000541. The van der Waals surface area contributed by atoms with E-state index in [0.717, 1.165) is 75.7 Å². The molecule has 0 aromatic carbocycles. The third-order valence-corrected chi connectivity index (χ3v) is 9.84. The Labute approximate surface area is 232 Å². The van der Waals surface area contributed by atoms with E-state index < -0.39 is 23.9 Å². The van der Waals surface area contributed by atoms with Crippen LogP contribution in [0.15, 0.2) is 24.3 Å². The minimum atomic E-state index is -1.13. The molecule has 0 saturated heterocycles. The van der Waals surface area contributed by atoms with Crippen LogP contribution in [0.3, 0.4) is 0 Å². The molecule has 37 heavy (non-hydrogen) atoms. The molecule has 9 heteroatoms. The van der Waals surface area contributed by atoms with E-state index >= 15 is 0 Å². The summed E-state index contributed by atoms with van der Waals surface area (Å²) in [4.78, 5) is 42.3. The number of carboxylic acid groups (broad SMARTS) is 2. The smallest absolute Gasteiger partial charge is 0.331 e. The molecular weight excluding hydrogens is 583 g/mol. The molecule has 2 rings (SSSR count). The second-order valence-corrected chi connectivity index (χ2v) is 13.5. The molecule has 2 radical (unpaired) electrons. The number of hydrogen-bond acceptors (Lipinski definition) is 6.